The quantitative estimate of drug-likeness (QED) is 0.453. The van der Waals surface area contributed by atoms with Crippen molar-refractivity contribution in [1.82, 2.24) is 5.32 Å². The number of rotatable bonds is 3. The third-order valence-electron chi connectivity index (χ3n) is 3.16. The number of amides is 1. The van der Waals surface area contributed by atoms with Crippen molar-refractivity contribution in [2.75, 3.05) is 5.48 Å². The lowest BCUT2D eigenvalue weighted by molar-refractivity contribution is -0.115. The van der Waals surface area contributed by atoms with E-state index in [2.05, 4.69) is 10.8 Å². The number of carbonyl (C=O) groups is 1. The van der Waals surface area contributed by atoms with Crippen molar-refractivity contribution in [3.8, 4) is 11.3 Å². The van der Waals surface area contributed by atoms with E-state index < -0.39 is 0 Å². The molecule has 2 heterocycles. The Morgan fingerprint density at radius 3 is 2.82 bits per heavy atom. The molecule has 1 aliphatic rings. The second-order valence-corrected chi connectivity index (χ2v) is 6.41. The van der Waals surface area contributed by atoms with E-state index in [9.17, 15) is 4.79 Å². The summed E-state index contributed by atoms with van der Waals surface area (Å²) < 4.78 is 6.22. The van der Waals surface area contributed by atoms with E-state index in [1.54, 1.807) is 18.2 Å². The van der Waals surface area contributed by atoms with Gasteiger partial charge in [0.2, 0.25) is 0 Å². The lowest BCUT2D eigenvalue weighted by atomic mass is 10.1. The van der Waals surface area contributed by atoms with Crippen molar-refractivity contribution in [3.63, 3.8) is 0 Å². The number of hydrogen-bond donors (Lipinski definition) is 3. The van der Waals surface area contributed by atoms with Crippen LogP contribution in [-0.4, -0.2) is 15.4 Å². The van der Waals surface area contributed by atoms with Crippen LogP contribution >= 0.6 is 24.0 Å². The molecule has 3 N–H and O–H groups in total. The molecule has 7 heteroatoms. The fourth-order valence-electron chi connectivity index (χ4n) is 2.14. The average molecular weight is 332 g/mol. The lowest BCUT2D eigenvalue weighted by Crippen LogP contribution is -2.17. The maximum Gasteiger partial charge on any atom is 0.263 e. The zero-order chi connectivity index (χ0) is 15.7. The number of thiocarbonyl (C=S) groups is 1. The van der Waals surface area contributed by atoms with Crippen LogP contribution in [0.25, 0.3) is 17.4 Å². The minimum Gasteiger partial charge on any atom is -0.457 e. The van der Waals surface area contributed by atoms with Crippen molar-refractivity contribution in [2.45, 2.75) is 6.92 Å². The number of benzene rings is 1. The van der Waals surface area contributed by atoms with Gasteiger partial charge >= 0.3 is 0 Å². The molecule has 22 heavy (non-hydrogen) atoms. The monoisotopic (exact) mass is 332 g/mol. The van der Waals surface area contributed by atoms with Crippen LogP contribution in [0, 0.1) is 6.92 Å². The van der Waals surface area contributed by atoms with Crippen LogP contribution in [0.3, 0.4) is 0 Å². The highest BCUT2D eigenvalue weighted by molar-refractivity contribution is 8.26. The first-order valence-electron chi connectivity index (χ1n) is 6.42. The van der Waals surface area contributed by atoms with Gasteiger partial charge in [-0.1, -0.05) is 24.0 Å². The maximum atomic E-state index is 11.6. The summed E-state index contributed by atoms with van der Waals surface area (Å²) in [5.41, 5.74) is 4.60. The molecule has 1 amide bonds. The van der Waals surface area contributed by atoms with Gasteiger partial charge in [-0.2, -0.15) is 0 Å². The standard InChI is InChI=1S/C15H12N2O3S2/c1-8-6-9(17-19)2-4-11(8)12-5-3-10(20-12)7-13-14(18)16-15(21)22-13/h2-7,17,19H,1H3,(H,16,18,21)/b13-7-. The number of aryl methyl sites for hydroxylation is 1. The molecule has 0 aliphatic carbocycles. The highest BCUT2D eigenvalue weighted by Crippen LogP contribution is 2.30. The van der Waals surface area contributed by atoms with E-state index >= 15 is 0 Å². The van der Waals surface area contributed by atoms with Crippen LogP contribution in [0.4, 0.5) is 5.69 Å². The summed E-state index contributed by atoms with van der Waals surface area (Å²) in [7, 11) is 0. The normalized spacial score (nSPS) is 16.2. The van der Waals surface area contributed by atoms with E-state index in [0.29, 0.717) is 26.4 Å². The molecule has 0 atom stereocenters. The zero-order valence-corrected chi connectivity index (χ0v) is 13.2. The van der Waals surface area contributed by atoms with Crippen LogP contribution in [0.2, 0.25) is 0 Å². The topological polar surface area (TPSA) is 74.5 Å². The minimum absolute atomic E-state index is 0.206. The van der Waals surface area contributed by atoms with Gasteiger partial charge in [-0.05, 0) is 42.8 Å². The Morgan fingerprint density at radius 2 is 2.18 bits per heavy atom. The Morgan fingerprint density at radius 1 is 1.36 bits per heavy atom. The molecule has 0 unspecified atom stereocenters. The number of furan rings is 1. The van der Waals surface area contributed by atoms with Crippen LogP contribution in [0.15, 0.2) is 39.7 Å². The summed E-state index contributed by atoms with van der Waals surface area (Å²) in [5.74, 6) is 1.07. The number of hydrogen-bond acceptors (Lipinski definition) is 6. The molecule has 1 aliphatic heterocycles. The van der Waals surface area contributed by atoms with Crippen LogP contribution < -0.4 is 10.8 Å². The first-order chi connectivity index (χ1) is 10.6. The van der Waals surface area contributed by atoms with Gasteiger partial charge in [0.05, 0.1) is 10.6 Å². The van der Waals surface area contributed by atoms with Crippen molar-refractivity contribution >= 4 is 46.0 Å². The van der Waals surface area contributed by atoms with E-state index in [-0.39, 0.29) is 5.91 Å². The SMILES string of the molecule is Cc1cc(NO)ccc1-c1ccc(/C=C2\SC(=S)NC2=O)o1. The van der Waals surface area contributed by atoms with Crippen LogP contribution in [0.1, 0.15) is 11.3 Å². The molecule has 0 spiro atoms. The fraction of sp³-hybridized carbons (Fsp3) is 0.0667. The summed E-state index contributed by atoms with van der Waals surface area (Å²) in [6, 6.07) is 9.07. The van der Waals surface area contributed by atoms with Gasteiger partial charge < -0.3 is 9.73 Å². The molecule has 0 saturated carbocycles. The average Bonchev–Trinajstić information content (AvgIpc) is 3.06. The Labute approximate surface area is 136 Å². The molecule has 5 nitrogen and oxygen atoms in total. The van der Waals surface area contributed by atoms with E-state index in [4.69, 9.17) is 21.8 Å². The minimum atomic E-state index is -0.206. The number of thioether (sulfide) groups is 1. The lowest BCUT2D eigenvalue weighted by Gasteiger charge is -2.05. The number of anilines is 1. The smallest absolute Gasteiger partial charge is 0.263 e. The van der Waals surface area contributed by atoms with Crippen LogP contribution in [-0.2, 0) is 4.79 Å². The van der Waals surface area contributed by atoms with E-state index in [1.165, 1.54) is 11.8 Å². The molecule has 1 aromatic carbocycles. The molecular weight excluding hydrogens is 320 g/mol. The van der Waals surface area contributed by atoms with Gasteiger partial charge in [0.1, 0.15) is 15.8 Å². The van der Waals surface area contributed by atoms with E-state index in [0.717, 1.165) is 11.1 Å². The molecule has 1 fully saturated rings. The molecule has 1 aromatic heterocycles. The summed E-state index contributed by atoms with van der Waals surface area (Å²) in [5, 5.41) is 11.5. The molecule has 1 saturated heterocycles. The van der Waals surface area contributed by atoms with Gasteiger partial charge in [-0.15, -0.1) is 0 Å². The molecule has 0 radical (unpaired) electrons. The molecule has 112 valence electrons. The fourth-order valence-corrected chi connectivity index (χ4v) is 3.16. The third-order valence-corrected chi connectivity index (χ3v) is 4.33. The van der Waals surface area contributed by atoms with Crippen molar-refractivity contribution < 1.29 is 14.4 Å². The van der Waals surface area contributed by atoms with E-state index in [1.807, 2.05) is 25.1 Å². The van der Waals surface area contributed by atoms with Crippen LogP contribution in [0.5, 0.6) is 0 Å². The Hall–Kier alpha value is -2.09. The summed E-state index contributed by atoms with van der Waals surface area (Å²) in [6.07, 6.45) is 1.67. The summed E-state index contributed by atoms with van der Waals surface area (Å²) >= 11 is 6.16. The predicted octanol–water partition coefficient (Wildman–Crippen LogP) is 3.54. The van der Waals surface area contributed by atoms with Crippen molar-refractivity contribution in [2.24, 2.45) is 0 Å². The van der Waals surface area contributed by atoms with Gasteiger partial charge in [-0.25, -0.2) is 0 Å². The third kappa shape index (κ3) is 2.92. The Balaban J connectivity index is 1.90. The Bertz CT molecular complexity index is 796. The number of nitrogens with one attached hydrogen (secondary N) is 2. The first-order valence-corrected chi connectivity index (χ1v) is 7.65. The van der Waals surface area contributed by atoms with Crippen molar-refractivity contribution in [1.29, 1.82) is 0 Å². The number of carbonyl (C=O) groups excluding carboxylic acids is 1. The summed E-state index contributed by atoms with van der Waals surface area (Å²) in [4.78, 5) is 12.1. The first kappa shape index (κ1) is 14.8. The Kier molecular flexibility index (Phi) is 4.02. The second-order valence-electron chi connectivity index (χ2n) is 4.70. The highest BCUT2D eigenvalue weighted by Gasteiger charge is 2.22. The molecular formula is C15H12N2O3S2. The summed E-state index contributed by atoms with van der Waals surface area (Å²) in [6.45, 7) is 1.93. The highest BCUT2D eigenvalue weighted by atomic mass is 32.2. The maximum absolute atomic E-state index is 11.6. The molecule has 2 aromatic rings. The van der Waals surface area contributed by atoms with Gasteiger partial charge in [0.15, 0.2) is 0 Å². The molecule has 3 rings (SSSR count). The van der Waals surface area contributed by atoms with Gasteiger partial charge in [0.25, 0.3) is 5.91 Å². The zero-order valence-electron chi connectivity index (χ0n) is 11.5. The van der Waals surface area contributed by atoms with Crippen molar-refractivity contribution in [3.05, 3.63) is 46.6 Å². The molecule has 0 bridgehead atoms. The predicted molar refractivity (Wildman–Crippen MR) is 90.6 cm³/mol. The van der Waals surface area contributed by atoms with Gasteiger partial charge in [0, 0.05) is 11.6 Å². The second kappa shape index (κ2) is 5.96. The van der Waals surface area contributed by atoms with Gasteiger partial charge in [-0.3, -0.25) is 15.5 Å². The largest absolute Gasteiger partial charge is 0.457 e.